The first kappa shape index (κ1) is 10.7. The normalized spacial score (nSPS) is 10.4. The number of ether oxygens (including phenoxy) is 1. The van der Waals surface area contributed by atoms with Crippen molar-refractivity contribution in [3.05, 3.63) is 40.7 Å². The number of hydrogen-bond donors (Lipinski definition) is 0. The zero-order valence-corrected chi connectivity index (χ0v) is 9.65. The Morgan fingerprint density at radius 2 is 2.00 bits per heavy atom. The molecule has 0 saturated heterocycles. The van der Waals surface area contributed by atoms with Crippen molar-refractivity contribution >= 4 is 0 Å². The average molecular weight is 218 g/mol. The topological polar surface area (TPSA) is 48.2 Å². The molecule has 2 aromatic rings. The molecule has 0 radical (unpaired) electrons. The second-order valence-electron chi connectivity index (χ2n) is 3.85. The van der Waals surface area contributed by atoms with Crippen LogP contribution in [0, 0.1) is 20.8 Å². The Morgan fingerprint density at radius 3 is 2.62 bits per heavy atom. The third kappa shape index (κ3) is 2.21. The van der Waals surface area contributed by atoms with Crippen LogP contribution in [0.25, 0.3) is 0 Å². The molecular weight excluding hydrogens is 204 g/mol. The molecule has 1 aromatic carbocycles. The lowest BCUT2D eigenvalue weighted by Gasteiger charge is -2.08. The number of hydrogen-bond acceptors (Lipinski definition) is 4. The minimum Gasteiger partial charge on any atom is -0.487 e. The summed E-state index contributed by atoms with van der Waals surface area (Å²) < 4.78 is 10.3. The summed E-state index contributed by atoms with van der Waals surface area (Å²) in [6.07, 6.45) is 0. The lowest BCUT2D eigenvalue weighted by atomic mass is 10.1. The second-order valence-corrected chi connectivity index (χ2v) is 3.85. The van der Waals surface area contributed by atoms with Crippen molar-refractivity contribution in [3.63, 3.8) is 0 Å². The summed E-state index contributed by atoms with van der Waals surface area (Å²) in [5.74, 6) is 0.869. The zero-order chi connectivity index (χ0) is 11.5. The van der Waals surface area contributed by atoms with Gasteiger partial charge in [0.2, 0.25) is 0 Å². The molecule has 2 rings (SSSR count). The number of benzene rings is 1. The molecule has 0 bridgehead atoms. The molecule has 0 fully saturated rings. The fraction of sp³-hybridized carbons (Fsp3) is 0.333. The zero-order valence-electron chi connectivity index (χ0n) is 9.65. The van der Waals surface area contributed by atoms with Gasteiger partial charge in [0.1, 0.15) is 23.7 Å². The van der Waals surface area contributed by atoms with E-state index in [9.17, 15) is 0 Å². The molecule has 4 heteroatoms. The van der Waals surface area contributed by atoms with Crippen molar-refractivity contribution in [2.45, 2.75) is 27.4 Å². The van der Waals surface area contributed by atoms with E-state index in [4.69, 9.17) is 4.74 Å². The molecule has 0 spiro atoms. The Morgan fingerprint density at radius 1 is 1.19 bits per heavy atom. The van der Waals surface area contributed by atoms with Crippen LogP contribution >= 0.6 is 0 Å². The van der Waals surface area contributed by atoms with Gasteiger partial charge in [-0.3, -0.25) is 0 Å². The molecule has 0 aliphatic heterocycles. The monoisotopic (exact) mass is 218 g/mol. The average Bonchev–Trinajstić information content (AvgIpc) is 2.63. The van der Waals surface area contributed by atoms with Gasteiger partial charge >= 0.3 is 0 Å². The van der Waals surface area contributed by atoms with Crippen LogP contribution in [0.5, 0.6) is 5.75 Å². The van der Waals surface area contributed by atoms with Crippen LogP contribution in [-0.4, -0.2) is 10.3 Å². The molecule has 0 saturated carbocycles. The molecule has 0 aliphatic carbocycles. The quantitative estimate of drug-likeness (QED) is 0.794. The molecular formula is C12H14N2O2. The molecule has 4 nitrogen and oxygen atoms in total. The van der Waals surface area contributed by atoms with Crippen molar-refractivity contribution < 1.29 is 9.37 Å². The summed E-state index contributed by atoms with van der Waals surface area (Å²) in [5.41, 5.74) is 3.85. The molecule has 0 atom stereocenters. The first-order chi connectivity index (χ1) is 7.66. The highest BCUT2D eigenvalue weighted by molar-refractivity contribution is 5.35. The van der Waals surface area contributed by atoms with Crippen LogP contribution in [0.1, 0.15) is 22.5 Å². The Bertz CT molecular complexity index is 492. The van der Waals surface area contributed by atoms with Crippen molar-refractivity contribution in [3.8, 4) is 5.75 Å². The van der Waals surface area contributed by atoms with E-state index in [1.165, 1.54) is 5.56 Å². The predicted octanol–water partition coefficient (Wildman–Crippen LogP) is 2.57. The summed E-state index contributed by atoms with van der Waals surface area (Å²) in [4.78, 5) is 0. The van der Waals surface area contributed by atoms with Crippen LogP contribution < -0.4 is 4.74 Å². The molecule has 1 heterocycles. The molecule has 0 unspecified atom stereocenters. The molecule has 0 aliphatic rings. The van der Waals surface area contributed by atoms with E-state index in [2.05, 4.69) is 27.9 Å². The van der Waals surface area contributed by atoms with E-state index in [1.807, 2.05) is 26.0 Å². The molecule has 1 aromatic heterocycles. The van der Waals surface area contributed by atoms with Crippen molar-refractivity contribution in [2.75, 3.05) is 0 Å². The minimum atomic E-state index is 0.388. The highest BCUT2D eigenvalue weighted by Gasteiger charge is 2.06. The van der Waals surface area contributed by atoms with Crippen LogP contribution in [0.2, 0.25) is 0 Å². The van der Waals surface area contributed by atoms with Crippen molar-refractivity contribution in [1.29, 1.82) is 0 Å². The van der Waals surface area contributed by atoms with Crippen LogP contribution in [0.15, 0.2) is 22.8 Å². The van der Waals surface area contributed by atoms with Gasteiger partial charge in [-0.25, -0.2) is 4.63 Å². The maximum atomic E-state index is 5.65. The summed E-state index contributed by atoms with van der Waals surface area (Å²) in [5, 5.41) is 7.47. The number of aromatic nitrogens is 2. The Labute approximate surface area is 94.2 Å². The van der Waals surface area contributed by atoms with Gasteiger partial charge in [0.25, 0.3) is 0 Å². The number of rotatable bonds is 3. The van der Waals surface area contributed by atoms with E-state index in [1.54, 1.807) is 0 Å². The van der Waals surface area contributed by atoms with E-state index in [-0.39, 0.29) is 0 Å². The predicted molar refractivity (Wildman–Crippen MR) is 59.3 cm³/mol. The number of nitrogens with zero attached hydrogens (tertiary/aromatic N) is 2. The van der Waals surface area contributed by atoms with Gasteiger partial charge in [0, 0.05) is 0 Å². The maximum absolute atomic E-state index is 5.65. The van der Waals surface area contributed by atoms with Gasteiger partial charge in [-0.2, -0.15) is 0 Å². The van der Waals surface area contributed by atoms with E-state index in [0.717, 1.165) is 22.7 Å². The van der Waals surface area contributed by atoms with Gasteiger partial charge in [-0.05, 0) is 32.4 Å². The Balaban J connectivity index is 2.08. The maximum Gasteiger partial charge on any atom is 0.145 e. The lowest BCUT2D eigenvalue weighted by molar-refractivity contribution is 0.269. The van der Waals surface area contributed by atoms with E-state index < -0.39 is 0 Å². The second kappa shape index (κ2) is 4.35. The van der Waals surface area contributed by atoms with Gasteiger partial charge in [0.15, 0.2) is 0 Å². The van der Waals surface area contributed by atoms with Crippen molar-refractivity contribution in [1.82, 2.24) is 10.3 Å². The summed E-state index contributed by atoms with van der Waals surface area (Å²) in [6.45, 7) is 6.31. The fourth-order valence-electron chi connectivity index (χ4n) is 1.49. The van der Waals surface area contributed by atoms with E-state index >= 15 is 0 Å². The SMILES string of the molecule is Cc1ccc(OCc2nonc2C)c(C)c1. The Kier molecular flexibility index (Phi) is 2.90. The highest BCUT2D eigenvalue weighted by atomic mass is 16.6. The highest BCUT2D eigenvalue weighted by Crippen LogP contribution is 2.19. The van der Waals surface area contributed by atoms with Crippen LogP contribution in [0.4, 0.5) is 0 Å². The summed E-state index contributed by atoms with van der Waals surface area (Å²) in [7, 11) is 0. The standard InChI is InChI=1S/C12H14N2O2/c1-8-4-5-12(9(2)6-8)15-7-11-10(3)13-16-14-11/h4-6H,7H2,1-3H3. The molecule has 0 amide bonds. The van der Waals surface area contributed by atoms with Gasteiger partial charge in [-0.15, -0.1) is 0 Å². The van der Waals surface area contributed by atoms with Gasteiger partial charge < -0.3 is 4.74 Å². The smallest absolute Gasteiger partial charge is 0.145 e. The molecule has 16 heavy (non-hydrogen) atoms. The van der Waals surface area contributed by atoms with Crippen LogP contribution in [0.3, 0.4) is 0 Å². The number of aryl methyl sites for hydroxylation is 3. The first-order valence-corrected chi connectivity index (χ1v) is 5.15. The molecule has 0 N–H and O–H groups in total. The third-order valence-corrected chi connectivity index (χ3v) is 2.44. The first-order valence-electron chi connectivity index (χ1n) is 5.15. The van der Waals surface area contributed by atoms with Gasteiger partial charge in [0.05, 0.1) is 0 Å². The van der Waals surface area contributed by atoms with Crippen molar-refractivity contribution in [2.24, 2.45) is 0 Å². The van der Waals surface area contributed by atoms with Gasteiger partial charge in [-0.1, -0.05) is 28.0 Å². The fourth-order valence-corrected chi connectivity index (χ4v) is 1.49. The lowest BCUT2D eigenvalue weighted by Crippen LogP contribution is -1.99. The van der Waals surface area contributed by atoms with E-state index in [0.29, 0.717) is 6.61 Å². The summed E-state index contributed by atoms with van der Waals surface area (Å²) in [6, 6.07) is 6.08. The largest absolute Gasteiger partial charge is 0.487 e. The molecule has 84 valence electrons. The Hall–Kier alpha value is -1.84. The van der Waals surface area contributed by atoms with Crippen LogP contribution in [-0.2, 0) is 6.61 Å². The summed E-state index contributed by atoms with van der Waals surface area (Å²) >= 11 is 0. The minimum absolute atomic E-state index is 0.388. The third-order valence-electron chi connectivity index (χ3n) is 2.44.